The summed E-state index contributed by atoms with van der Waals surface area (Å²) in [6.45, 7) is 3.90. The van der Waals surface area contributed by atoms with Crippen LogP contribution in [0.25, 0.3) is 0 Å². The first-order valence-corrected chi connectivity index (χ1v) is 8.95. The Morgan fingerprint density at radius 3 is 2.80 bits per heavy atom. The van der Waals surface area contributed by atoms with Gasteiger partial charge in [0.25, 0.3) is 5.91 Å². The maximum Gasteiger partial charge on any atom is 0.267 e. The number of amides is 1. The lowest BCUT2D eigenvalue weighted by atomic mass is 9.90. The predicted octanol–water partition coefficient (Wildman–Crippen LogP) is 2.52. The van der Waals surface area contributed by atoms with E-state index < -0.39 is 6.10 Å². The van der Waals surface area contributed by atoms with Crippen molar-refractivity contribution in [3.05, 3.63) is 41.7 Å². The maximum atomic E-state index is 12.8. The number of para-hydroxylation sites is 2. The molecule has 2 aromatic rings. The highest BCUT2D eigenvalue weighted by atomic mass is 16.6. The Morgan fingerprint density at radius 1 is 1.28 bits per heavy atom. The van der Waals surface area contributed by atoms with Crippen molar-refractivity contribution in [2.75, 3.05) is 19.7 Å². The number of ether oxygens (including phenoxy) is 2. The lowest BCUT2D eigenvalue weighted by Gasteiger charge is -2.35. The summed E-state index contributed by atoms with van der Waals surface area (Å²) >= 11 is 0. The Labute approximate surface area is 147 Å². The lowest BCUT2D eigenvalue weighted by Crippen LogP contribution is -2.48. The van der Waals surface area contributed by atoms with Crippen molar-refractivity contribution in [2.24, 2.45) is 0 Å². The number of carbonyl (C=O) groups is 1. The number of rotatable bonds is 3. The molecule has 1 amide bonds. The molecule has 4 rings (SSSR count). The molecule has 1 aromatic carbocycles. The van der Waals surface area contributed by atoms with E-state index in [2.05, 4.69) is 17.1 Å². The Bertz CT molecular complexity index is 750. The average Bonchev–Trinajstić information content (AvgIpc) is 3.16. The predicted molar refractivity (Wildman–Crippen MR) is 92.9 cm³/mol. The molecule has 0 spiro atoms. The number of H-pyrrole nitrogens is 1. The molecular weight excluding hydrogens is 318 g/mol. The second kappa shape index (κ2) is 6.78. The van der Waals surface area contributed by atoms with Gasteiger partial charge in [0, 0.05) is 24.7 Å². The highest BCUT2D eigenvalue weighted by Gasteiger charge is 2.33. The van der Waals surface area contributed by atoms with Crippen LogP contribution in [0.5, 0.6) is 11.5 Å². The van der Waals surface area contributed by atoms with E-state index in [9.17, 15) is 4.79 Å². The molecule has 0 unspecified atom stereocenters. The zero-order valence-electron chi connectivity index (χ0n) is 14.4. The van der Waals surface area contributed by atoms with Crippen LogP contribution in [0.3, 0.4) is 0 Å². The molecule has 2 aliphatic rings. The number of aryl methyl sites for hydroxylation is 1. The highest BCUT2D eigenvalue weighted by molar-refractivity contribution is 5.82. The fourth-order valence-corrected chi connectivity index (χ4v) is 3.69. The number of benzene rings is 1. The van der Waals surface area contributed by atoms with Gasteiger partial charge in [-0.25, -0.2) is 0 Å². The number of piperidine rings is 1. The molecule has 3 heterocycles. The van der Waals surface area contributed by atoms with Gasteiger partial charge in [0.2, 0.25) is 6.10 Å². The van der Waals surface area contributed by atoms with Crippen LogP contribution in [0, 0.1) is 0 Å². The topological polar surface area (TPSA) is 67.5 Å². The summed E-state index contributed by atoms with van der Waals surface area (Å²) in [6, 6.07) is 7.48. The van der Waals surface area contributed by atoms with Crippen molar-refractivity contribution < 1.29 is 14.3 Å². The molecule has 25 heavy (non-hydrogen) atoms. The van der Waals surface area contributed by atoms with Crippen LogP contribution in [0.4, 0.5) is 0 Å². The summed E-state index contributed by atoms with van der Waals surface area (Å²) in [4.78, 5) is 14.7. The van der Waals surface area contributed by atoms with E-state index in [1.54, 1.807) is 0 Å². The number of nitrogens with one attached hydrogen (secondary N) is 1. The lowest BCUT2D eigenvalue weighted by molar-refractivity contribution is -0.142. The van der Waals surface area contributed by atoms with Gasteiger partial charge in [-0.3, -0.25) is 9.89 Å². The fourth-order valence-electron chi connectivity index (χ4n) is 3.69. The second-order valence-corrected chi connectivity index (χ2v) is 6.63. The third-order valence-corrected chi connectivity index (χ3v) is 5.13. The minimum absolute atomic E-state index is 0.0216. The molecule has 2 aliphatic heterocycles. The molecule has 6 heteroatoms. The van der Waals surface area contributed by atoms with Gasteiger partial charge in [-0.2, -0.15) is 5.10 Å². The van der Waals surface area contributed by atoms with Crippen LogP contribution in [0.15, 0.2) is 30.5 Å². The van der Waals surface area contributed by atoms with Gasteiger partial charge < -0.3 is 14.4 Å². The number of aromatic amines is 1. The summed E-state index contributed by atoms with van der Waals surface area (Å²) in [5, 5.41) is 7.32. The first kappa shape index (κ1) is 16.0. The molecule has 1 fully saturated rings. The van der Waals surface area contributed by atoms with E-state index >= 15 is 0 Å². The van der Waals surface area contributed by atoms with Crippen LogP contribution in [-0.4, -0.2) is 46.8 Å². The van der Waals surface area contributed by atoms with Crippen molar-refractivity contribution in [3.8, 4) is 11.5 Å². The quantitative estimate of drug-likeness (QED) is 0.931. The third kappa shape index (κ3) is 3.08. The molecule has 0 bridgehead atoms. The van der Waals surface area contributed by atoms with Crippen molar-refractivity contribution >= 4 is 5.91 Å². The SMILES string of the molecule is CCc1cn[nH]c1C1CCN(C(=O)[C@@H]2COc3ccccc3O2)CC1. The summed E-state index contributed by atoms with van der Waals surface area (Å²) in [5.74, 6) is 1.82. The van der Waals surface area contributed by atoms with E-state index in [4.69, 9.17) is 9.47 Å². The number of hydrogen-bond donors (Lipinski definition) is 1. The van der Waals surface area contributed by atoms with Gasteiger partial charge in [-0.05, 0) is 37.0 Å². The van der Waals surface area contributed by atoms with Crippen LogP contribution in [0.2, 0.25) is 0 Å². The number of likely N-dealkylation sites (tertiary alicyclic amines) is 1. The smallest absolute Gasteiger partial charge is 0.267 e. The van der Waals surface area contributed by atoms with Crippen molar-refractivity contribution in [3.63, 3.8) is 0 Å². The number of aromatic nitrogens is 2. The normalized spacial score (nSPS) is 20.5. The molecule has 1 atom stereocenters. The van der Waals surface area contributed by atoms with Crippen LogP contribution in [-0.2, 0) is 11.2 Å². The summed E-state index contributed by atoms with van der Waals surface area (Å²) in [6.07, 6.45) is 4.25. The van der Waals surface area contributed by atoms with Gasteiger partial charge in [-0.15, -0.1) is 0 Å². The van der Waals surface area contributed by atoms with E-state index in [-0.39, 0.29) is 12.5 Å². The Balaban J connectivity index is 1.37. The highest BCUT2D eigenvalue weighted by Crippen LogP contribution is 2.33. The van der Waals surface area contributed by atoms with Gasteiger partial charge in [0.05, 0.1) is 6.20 Å². The minimum Gasteiger partial charge on any atom is -0.485 e. The Kier molecular flexibility index (Phi) is 4.34. The van der Waals surface area contributed by atoms with Crippen molar-refractivity contribution in [1.82, 2.24) is 15.1 Å². The van der Waals surface area contributed by atoms with Crippen molar-refractivity contribution in [1.29, 1.82) is 0 Å². The molecule has 1 saturated heterocycles. The molecule has 0 saturated carbocycles. The van der Waals surface area contributed by atoms with E-state index in [0.717, 1.165) is 32.4 Å². The van der Waals surface area contributed by atoms with E-state index in [1.165, 1.54) is 11.3 Å². The number of hydrogen-bond acceptors (Lipinski definition) is 4. The monoisotopic (exact) mass is 341 g/mol. The summed E-state index contributed by atoms with van der Waals surface area (Å²) < 4.78 is 11.5. The largest absolute Gasteiger partial charge is 0.485 e. The first-order valence-electron chi connectivity index (χ1n) is 8.95. The summed E-state index contributed by atoms with van der Waals surface area (Å²) in [7, 11) is 0. The number of nitrogens with zero attached hydrogens (tertiary/aromatic N) is 2. The Morgan fingerprint density at radius 2 is 2.04 bits per heavy atom. The average molecular weight is 341 g/mol. The van der Waals surface area contributed by atoms with Gasteiger partial charge in [-0.1, -0.05) is 19.1 Å². The maximum absolute atomic E-state index is 12.8. The Hall–Kier alpha value is -2.50. The van der Waals surface area contributed by atoms with Crippen LogP contribution >= 0.6 is 0 Å². The molecule has 132 valence electrons. The minimum atomic E-state index is -0.551. The van der Waals surface area contributed by atoms with Gasteiger partial charge >= 0.3 is 0 Å². The zero-order valence-corrected chi connectivity index (χ0v) is 14.4. The first-order chi connectivity index (χ1) is 12.3. The van der Waals surface area contributed by atoms with Gasteiger partial charge in [0.1, 0.15) is 6.61 Å². The number of carbonyl (C=O) groups excluding carboxylic acids is 1. The molecule has 6 nitrogen and oxygen atoms in total. The standard InChI is InChI=1S/C19H23N3O3/c1-2-13-11-20-21-18(13)14-7-9-22(10-8-14)19(23)17-12-24-15-5-3-4-6-16(15)25-17/h3-6,11,14,17H,2,7-10,12H2,1H3,(H,20,21)/t17-/m0/s1. The fraction of sp³-hybridized carbons (Fsp3) is 0.474. The molecule has 0 radical (unpaired) electrons. The second-order valence-electron chi connectivity index (χ2n) is 6.63. The summed E-state index contributed by atoms with van der Waals surface area (Å²) in [5.41, 5.74) is 2.52. The third-order valence-electron chi connectivity index (χ3n) is 5.13. The van der Waals surface area contributed by atoms with E-state index in [1.807, 2.05) is 35.4 Å². The van der Waals surface area contributed by atoms with Crippen molar-refractivity contribution in [2.45, 2.75) is 38.2 Å². The van der Waals surface area contributed by atoms with Crippen LogP contribution < -0.4 is 9.47 Å². The molecule has 1 aromatic heterocycles. The molecule has 1 N–H and O–H groups in total. The zero-order chi connectivity index (χ0) is 17.2. The molecule has 0 aliphatic carbocycles. The number of fused-ring (bicyclic) bond motifs is 1. The van der Waals surface area contributed by atoms with E-state index in [0.29, 0.717) is 17.4 Å². The molecular formula is C19H23N3O3. The van der Waals surface area contributed by atoms with Crippen LogP contribution in [0.1, 0.15) is 36.9 Å². The van der Waals surface area contributed by atoms with Gasteiger partial charge in [0.15, 0.2) is 11.5 Å².